The minimum atomic E-state index is 0.209. The van der Waals surface area contributed by atoms with Crippen LogP contribution in [0.15, 0.2) is 24.3 Å². The number of ether oxygens (including phenoxy) is 1. The number of thioether (sulfide) groups is 1. The molecule has 0 bridgehead atoms. The van der Waals surface area contributed by atoms with Gasteiger partial charge in [0.1, 0.15) is 5.75 Å². The number of aryl methyl sites for hydroxylation is 1. The SMILES string of the molecule is COc1ccc(N2CCN(C(=O)CSCc3nsnc3C)CC2)cc1. The van der Waals surface area contributed by atoms with E-state index in [9.17, 15) is 4.79 Å². The zero-order chi connectivity index (χ0) is 17.6. The van der Waals surface area contributed by atoms with Crippen molar-refractivity contribution in [2.24, 2.45) is 0 Å². The summed E-state index contributed by atoms with van der Waals surface area (Å²) in [6, 6.07) is 8.07. The van der Waals surface area contributed by atoms with E-state index in [0.717, 1.165) is 49.1 Å². The first-order valence-electron chi connectivity index (χ1n) is 8.20. The van der Waals surface area contributed by atoms with Gasteiger partial charge in [0.25, 0.3) is 0 Å². The van der Waals surface area contributed by atoms with Gasteiger partial charge in [0.15, 0.2) is 0 Å². The van der Waals surface area contributed by atoms with Crippen molar-refractivity contribution in [3.63, 3.8) is 0 Å². The Morgan fingerprint density at radius 1 is 1.20 bits per heavy atom. The number of rotatable bonds is 6. The molecule has 1 fully saturated rings. The molecule has 1 saturated heterocycles. The summed E-state index contributed by atoms with van der Waals surface area (Å²) >= 11 is 2.85. The van der Waals surface area contributed by atoms with Gasteiger partial charge in [-0.2, -0.15) is 8.75 Å². The number of carbonyl (C=O) groups excluding carboxylic acids is 1. The first-order chi connectivity index (χ1) is 12.2. The predicted molar refractivity (Wildman–Crippen MR) is 103 cm³/mol. The molecule has 0 N–H and O–H groups in total. The van der Waals surface area contributed by atoms with Gasteiger partial charge in [-0.1, -0.05) is 0 Å². The van der Waals surface area contributed by atoms with Gasteiger partial charge in [-0.3, -0.25) is 4.79 Å². The van der Waals surface area contributed by atoms with Crippen LogP contribution in [0, 0.1) is 6.92 Å². The van der Waals surface area contributed by atoms with Crippen molar-refractivity contribution in [1.82, 2.24) is 13.6 Å². The van der Waals surface area contributed by atoms with Gasteiger partial charge >= 0.3 is 0 Å². The third-order valence-corrected chi connectivity index (χ3v) is 5.87. The van der Waals surface area contributed by atoms with Gasteiger partial charge in [0, 0.05) is 37.6 Å². The zero-order valence-corrected chi connectivity index (χ0v) is 16.1. The van der Waals surface area contributed by atoms with Crippen molar-refractivity contribution in [2.75, 3.05) is 43.9 Å². The van der Waals surface area contributed by atoms with E-state index < -0.39 is 0 Å². The van der Waals surface area contributed by atoms with E-state index in [1.807, 2.05) is 24.0 Å². The average molecular weight is 379 g/mol. The Hall–Kier alpha value is -1.80. The van der Waals surface area contributed by atoms with Crippen LogP contribution >= 0.6 is 23.5 Å². The molecule has 6 nitrogen and oxygen atoms in total. The van der Waals surface area contributed by atoms with E-state index in [1.54, 1.807) is 18.9 Å². The standard InChI is InChI=1S/C17H22N4O2S2/c1-13-16(19-25-18-13)11-24-12-17(22)21-9-7-20(8-10-21)14-3-5-15(23-2)6-4-14/h3-6H,7-12H2,1-2H3. The fourth-order valence-corrected chi connectivity index (χ4v) is 4.29. The Kier molecular flexibility index (Phi) is 6.14. The molecule has 2 heterocycles. The molecule has 0 unspecified atom stereocenters. The number of anilines is 1. The summed E-state index contributed by atoms with van der Waals surface area (Å²) in [5, 5.41) is 0. The maximum atomic E-state index is 12.4. The Morgan fingerprint density at radius 2 is 1.92 bits per heavy atom. The number of hydrogen-bond donors (Lipinski definition) is 0. The Morgan fingerprint density at radius 3 is 2.52 bits per heavy atom. The van der Waals surface area contributed by atoms with Crippen molar-refractivity contribution in [2.45, 2.75) is 12.7 Å². The maximum absolute atomic E-state index is 12.4. The second-order valence-corrected chi connectivity index (χ2v) is 7.37. The fraction of sp³-hybridized carbons (Fsp3) is 0.471. The van der Waals surface area contributed by atoms with Gasteiger partial charge in [0.05, 0.1) is 36.0 Å². The molecule has 0 radical (unpaired) electrons. The van der Waals surface area contributed by atoms with E-state index in [1.165, 1.54) is 17.4 Å². The minimum Gasteiger partial charge on any atom is -0.497 e. The van der Waals surface area contributed by atoms with Crippen LogP contribution in [0.5, 0.6) is 5.75 Å². The van der Waals surface area contributed by atoms with Crippen molar-refractivity contribution < 1.29 is 9.53 Å². The predicted octanol–water partition coefficient (Wildman–Crippen LogP) is 2.44. The topological polar surface area (TPSA) is 58.6 Å². The Balaban J connectivity index is 1.43. The van der Waals surface area contributed by atoms with Gasteiger partial charge in [0.2, 0.25) is 5.91 Å². The van der Waals surface area contributed by atoms with Crippen molar-refractivity contribution >= 4 is 35.1 Å². The summed E-state index contributed by atoms with van der Waals surface area (Å²) in [5.41, 5.74) is 3.14. The molecule has 1 amide bonds. The third-order valence-electron chi connectivity index (χ3n) is 4.28. The molecule has 2 aromatic rings. The molecular weight excluding hydrogens is 356 g/mol. The van der Waals surface area contributed by atoms with E-state index in [0.29, 0.717) is 5.75 Å². The lowest BCUT2D eigenvalue weighted by Crippen LogP contribution is -2.49. The molecule has 134 valence electrons. The van der Waals surface area contributed by atoms with Gasteiger partial charge in [-0.15, -0.1) is 11.8 Å². The van der Waals surface area contributed by atoms with Gasteiger partial charge in [-0.25, -0.2) is 0 Å². The normalized spacial score (nSPS) is 14.6. The van der Waals surface area contributed by atoms with Gasteiger partial charge in [-0.05, 0) is 31.2 Å². The van der Waals surface area contributed by atoms with Crippen LogP contribution in [0.2, 0.25) is 0 Å². The largest absolute Gasteiger partial charge is 0.497 e. The number of nitrogens with zero attached hydrogens (tertiary/aromatic N) is 4. The van der Waals surface area contributed by atoms with Crippen LogP contribution < -0.4 is 9.64 Å². The average Bonchev–Trinajstić information content (AvgIpc) is 3.07. The number of carbonyl (C=O) groups is 1. The molecule has 1 aromatic heterocycles. The summed E-state index contributed by atoms with van der Waals surface area (Å²) < 4.78 is 13.6. The first kappa shape index (κ1) is 18.0. The molecule has 0 saturated carbocycles. The highest BCUT2D eigenvalue weighted by atomic mass is 32.2. The van der Waals surface area contributed by atoms with Crippen molar-refractivity contribution in [1.29, 1.82) is 0 Å². The highest BCUT2D eigenvalue weighted by molar-refractivity contribution is 7.99. The maximum Gasteiger partial charge on any atom is 0.232 e. The van der Waals surface area contributed by atoms with Crippen molar-refractivity contribution in [3.05, 3.63) is 35.7 Å². The first-order valence-corrected chi connectivity index (χ1v) is 10.1. The zero-order valence-electron chi connectivity index (χ0n) is 14.5. The van der Waals surface area contributed by atoms with Crippen LogP contribution in [-0.2, 0) is 10.5 Å². The number of amides is 1. The summed E-state index contributed by atoms with van der Waals surface area (Å²) in [6.45, 7) is 5.21. The number of piperazine rings is 1. The molecular formula is C17H22N4O2S2. The minimum absolute atomic E-state index is 0.209. The highest BCUT2D eigenvalue weighted by Crippen LogP contribution is 2.21. The molecule has 0 atom stereocenters. The molecule has 3 rings (SSSR count). The van der Waals surface area contributed by atoms with E-state index in [-0.39, 0.29) is 5.91 Å². The van der Waals surface area contributed by atoms with E-state index in [2.05, 4.69) is 25.8 Å². The van der Waals surface area contributed by atoms with Crippen molar-refractivity contribution in [3.8, 4) is 5.75 Å². The lowest BCUT2D eigenvalue weighted by atomic mass is 10.2. The number of hydrogen-bond acceptors (Lipinski definition) is 7. The van der Waals surface area contributed by atoms with E-state index in [4.69, 9.17) is 4.74 Å². The number of methoxy groups -OCH3 is 1. The molecule has 1 aromatic carbocycles. The lowest BCUT2D eigenvalue weighted by molar-refractivity contribution is -0.128. The monoisotopic (exact) mass is 378 g/mol. The number of benzene rings is 1. The Labute approximate surface area is 156 Å². The fourth-order valence-electron chi connectivity index (χ4n) is 2.71. The molecule has 0 spiro atoms. The molecule has 0 aliphatic carbocycles. The van der Waals surface area contributed by atoms with Crippen LogP contribution in [0.4, 0.5) is 5.69 Å². The smallest absolute Gasteiger partial charge is 0.232 e. The van der Waals surface area contributed by atoms with E-state index >= 15 is 0 Å². The van der Waals surface area contributed by atoms with Crippen LogP contribution in [-0.4, -0.2) is 58.6 Å². The summed E-state index contributed by atoms with van der Waals surface area (Å²) in [5.74, 6) is 2.32. The second kappa shape index (κ2) is 8.53. The third kappa shape index (κ3) is 4.64. The number of aromatic nitrogens is 2. The molecule has 1 aliphatic rings. The molecule has 8 heteroatoms. The summed E-state index contributed by atoms with van der Waals surface area (Å²) in [6.07, 6.45) is 0. The Bertz CT molecular complexity index is 697. The quantitative estimate of drug-likeness (QED) is 0.770. The molecule has 25 heavy (non-hydrogen) atoms. The summed E-state index contributed by atoms with van der Waals surface area (Å²) in [4.78, 5) is 16.6. The summed E-state index contributed by atoms with van der Waals surface area (Å²) in [7, 11) is 1.67. The van der Waals surface area contributed by atoms with Crippen LogP contribution in [0.25, 0.3) is 0 Å². The van der Waals surface area contributed by atoms with Gasteiger partial charge < -0.3 is 14.5 Å². The molecule has 1 aliphatic heterocycles. The van der Waals surface area contributed by atoms with Crippen LogP contribution in [0.3, 0.4) is 0 Å². The lowest BCUT2D eigenvalue weighted by Gasteiger charge is -2.36. The highest BCUT2D eigenvalue weighted by Gasteiger charge is 2.21. The second-order valence-electron chi connectivity index (χ2n) is 5.85. The van der Waals surface area contributed by atoms with Crippen LogP contribution in [0.1, 0.15) is 11.4 Å².